The van der Waals surface area contributed by atoms with E-state index in [4.69, 9.17) is 0 Å². The Bertz CT molecular complexity index is 359. The molecule has 5 nitrogen and oxygen atoms in total. The van der Waals surface area contributed by atoms with E-state index in [1.165, 1.54) is 10.9 Å². The van der Waals surface area contributed by atoms with Crippen molar-refractivity contribution in [2.75, 3.05) is 5.75 Å². The molecular weight excluding hydrogens is 185 g/mol. The first-order chi connectivity index (χ1) is 5.49. The molecule has 1 heterocycles. The van der Waals surface area contributed by atoms with Gasteiger partial charge < -0.3 is 0 Å². The monoisotopic (exact) mass is 193 g/mol. The zero-order chi connectivity index (χ0) is 9.19. The van der Waals surface area contributed by atoms with Gasteiger partial charge in [-0.1, -0.05) is 5.21 Å². The lowest BCUT2D eigenvalue weighted by atomic mass is 10.4. The Labute approximate surface area is 69.4 Å². The Morgan fingerprint density at radius 2 is 2.33 bits per heavy atom. The molecular formula is C5H8FN3O2S. The SMILES string of the molecule is Cn1nncc1CCS(=O)(=O)F. The maximum Gasteiger partial charge on any atom is 0.302 e. The highest BCUT2D eigenvalue weighted by Crippen LogP contribution is 1.99. The molecule has 1 aromatic heterocycles. The lowest BCUT2D eigenvalue weighted by molar-refractivity contribution is 0.550. The molecule has 0 bridgehead atoms. The Hall–Kier alpha value is -0.980. The summed E-state index contributed by atoms with van der Waals surface area (Å²) in [6, 6.07) is 0. The first-order valence-electron chi connectivity index (χ1n) is 3.25. The number of aromatic nitrogens is 3. The number of aryl methyl sites for hydroxylation is 2. The van der Waals surface area contributed by atoms with Gasteiger partial charge in [0.25, 0.3) is 0 Å². The predicted octanol–water partition coefficient (Wildman–Crippen LogP) is -0.343. The van der Waals surface area contributed by atoms with Crippen LogP contribution >= 0.6 is 0 Å². The molecule has 0 atom stereocenters. The van der Waals surface area contributed by atoms with E-state index in [0.29, 0.717) is 5.69 Å². The van der Waals surface area contributed by atoms with Crippen LogP contribution in [0.1, 0.15) is 5.69 Å². The van der Waals surface area contributed by atoms with Crippen molar-refractivity contribution in [2.45, 2.75) is 6.42 Å². The molecule has 68 valence electrons. The van der Waals surface area contributed by atoms with Crippen LogP contribution in [0.5, 0.6) is 0 Å². The molecule has 0 radical (unpaired) electrons. The smallest absolute Gasteiger partial charge is 0.252 e. The third kappa shape index (κ3) is 2.57. The minimum Gasteiger partial charge on any atom is -0.252 e. The molecule has 12 heavy (non-hydrogen) atoms. The Morgan fingerprint density at radius 1 is 1.67 bits per heavy atom. The van der Waals surface area contributed by atoms with Crippen LogP contribution in [0.25, 0.3) is 0 Å². The van der Waals surface area contributed by atoms with Gasteiger partial charge in [0.05, 0.1) is 17.6 Å². The molecule has 0 saturated carbocycles. The summed E-state index contributed by atoms with van der Waals surface area (Å²) in [5, 5.41) is 7.08. The topological polar surface area (TPSA) is 64.8 Å². The molecule has 0 saturated heterocycles. The fourth-order valence-electron chi connectivity index (χ4n) is 0.764. The van der Waals surface area contributed by atoms with Gasteiger partial charge in [0.15, 0.2) is 0 Å². The van der Waals surface area contributed by atoms with Crippen molar-refractivity contribution in [1.82, 2.24) is 15.0 Å². The number of nitrogens with zero attached hydrogens (tertiary/aromatic N) is 3. The van der Waals surface area contributed by atoms with Crippen molar-refractivity contribution in [3.63, 3.8) is 0 Å². The van der Waals surface area contributed by atoms with Crippen molar-refractivity contribution >= 4 is 10.2 Å². The fraction of sp³-hybridized carbons (Fsp3) is 0.600. The number of halogens is 1. The summed E-state index contributed by atoms with van der Waals surface area (Å²) in [4.78, 5) is 0. The molecule has 0 aromatic carbocycles. The third-order valence-electron chi connectivity index (χ3n) is 1.41. The second-order valence-electron chi connectivity index (χ2n) is 2.34. The van der Waals surface area contributed by atoms with Gasteiger partial charge in [0.2, 0.25) is 0 Å². The van der Waals surface area contributed by atoms with Gasteiger partial charge in [-0.3, -0.25) is 4.68 Å². The van der Waals surface area contributed by atoms with E-state index < -0.39 is 16.0 Å². The minimum absolute atomic E-state index is 0.0995. The van der Waals surface area contributed by atoms with Crippen LogP contribution in [-0.2, 0) is 23.7 Å². The number of rotatable bonds is 3. The lowest BCUT2D eigenvalue weighted by Gasteiger charge is -1.95. The van der Waals surface area contributed by atoms with Crippen molar-refractivity contribution in [3.05, 3.63) is 11.9 Å². The zero-order valence-corrected chi connectivity index (χ0v) is 7.25. The molecule has 7 heteroatoms. The second kappa shape index (κ2) is 3.18. The maximum absolute atomic E-state index is 12.0. The van der Waals surface area contributed by atoms with Gasteiger partial charge in [-0.05, 0) is 0 Å². The van der Waals surface area contributed by atoms with Crippen LogP contribution < -0.4 is 0 Å². The molecule has 0 N–H and O–H groups in total. The molecule has 1 rings (SSSR count). The molecule has 0 aliphatic carbocycles. The summed E-state index contributed by atoms with van der Waals surface area (Å²) >= 11 is 0. The molecule has 0 unspecified atom stereocenters. The Kier molecular flexibility index (Phi) is 2.41. The average molecular weight is 193 g/mol. The summed E-state index contributed by atoms with van der Waals surface area (Å²) in [6.45, 7) is 0. The Balaban J connectivity index is 2.61. The molecule has 0 aliphatic rings. The van der Waals surface area contributed by atoms with E-state index in [1.54, 1.807) is 7.05 Å². The van der Waals surface area contributed by atoms with Gasteiger partial charge >= 0.3 is 10.2 Å². The standard InChI is InChI=1S/C5H8FN3O2S/c1-9-5(4-7-8-9)2-3-12(6,10)11/h4H,2-3H2,1H3. The fourth-order valence-corrected chi connectivity index (χ4v) is 1.22. The van der Waals surface area contributed by atoms with E-state index in [0.717, 1.165) is 0 Å². The van der Waals surface area contributed by atoms with Crippen LogP contribution in [0.15, 0.2) is 6.20 Å². The van der Waals surface area contributed by atoms with Gasteiger partial charge in [-0.2, -0.15) is 8.42 Å². The third-order valence-corrected chi connectivity index (χ3v) is 2.10. The van der Waals surface area contributed by atoms with E-state index in [2.05, 4.69) is 10.3 Å². The average Bonchev–Trinajstić information content (AvgIpc) is 2.29. The van der Waals surface area contributed by atoms with Crippen LogP contribution in [0.4, 0.5) is 3.89 Å². The van der Waals surface area contributed by atoms with E-state index in [-0.39, 0.29) is 6.42 Å². The summed E-state index contributed by atoms with van der Waals surface area (Å²) in [5.74, 6) is -0.520. The van der Waals surface area contributed by atoms with Crippen molar-refractivity contribution in [1.29, 1.82) is 0 Å². The number of hydrogen-bond acceptors (Lipinski definition) is 4. The van der Waals surface area contributed by atoms with Crippen LogP contribution in [0.2, 0.25) is 0 Å². The highest BCUT2D eigenvalue weighted by molar-refractivity contribution is 7.86. The quantitative estimate of drug-likeness (QED) is 0.616. The predicted molar refractivity (Wildman–Crippen MR) is 39.6 cm³/mol. The highest BCUT2D eigenvalue weighted by atomic mass is 32.3. The van der Waals surface area contributed by atoms with Gasteiger partial charge in [-0.15, -0.1) is 8.98 Å². The van der Waals surface area contributed by atoms with Crippen molar-refractivity contribution < 1.29 is 12.3 Å². The minimum atomic E-state index is -4.39. The first-order valence-corrected chi connectivity index (χ1v) is 4.80. The van der Waals surface area contributed by atoms with Crippen LogP contribution in [0.3, 0.4) is 0 Å². The normalized spacial score (nSPS) is 11.8. The second-order valence-corrected chi connectivity index (χ2v) is 3.83. The van der Waals surface area contributed by atoms with Gasteiger partial charge in [0, 0.05) is 13.5 Å². The maximum atomic E-state index is 12.0. The lowest BCUT2D eigenvalue weighted by Crippen LogP contribution is -2.06. The van der Waals surface area contributed by atoms with Gasteiger partial charge in [0.1, 0.15) is 0 Å². The number of hydrogen-bond donors (Lipinski definition) is 0. The highest BCUT2D eigenvalue weighted by Gasteiger charge is 2.09. The van der Waals surface area contributed by atoms with E-state index in [9.17, 15) is 12.3 Å². The summed E-state index contributed by atoms with van der Waals surface area (Å²) in [6.07, 6.45) is 1.51. The Morgan fingerprint density at radius 3 is 2.75 bits per heavy atom. The summed E-state index contributed by atoms with van der Waals surface area (Å²) in [7, 11) is -2.77. The first kappa shape index (κ1) is 9.11. The molecule has 0 amide bonds. The molecule has 0 fully saturated rings. The van der Waals surface area contributed by atoms with E-state index in [1.807, 2.05) is 0 Å². The van der Waals surface area contributed by atoms with E-state index >= 15 is 0 Å². The zero-order valence-electron chi connectivity index (χ0n) is 6.44. The van der Waals surface area contributed by atoms with Crippen LogP contribution in [-0.4, -0.2) is 29.2 Å². The molecule has 0 aliphatic heterocycles. The largest absolute Gasteiger partial charge is 0.302 e. The summed E-state index contributed by atoms with van der Waals surface area (Å²) in [5.41, 5.74) is 0.594. The molecule has 0 spiro atoms. The van der Waals surface area contributed by atoms with Crippen molar-refractivity contribution in [3.8, 4) is 0 Å². The van der Waals surface area contributed by atoms with Gasteiger partial charge in [-0.25, -0.2) is 0 Å². The van der Waals surface area contributed by atoms with Crippen molar-refractivity contribution in [2.24, 2.45) is 7.05 Å². The van der Waals surface area contributed by atoms with Crippen LogP contribution in [0, 0.1) is 0 Å². The summed E-state index contributed by atoms with van der Waals surface area (Å²) < 4.78 is 33.7. The molecule has 1 aromatic rings.